The van der Waals surface area contributed by atoms with Crippen molar-refractivity contribution in [3.05, 3.63) is 30.0 Å². The van der Waals surface area contributed by atoms with E-state index in [1.807, 2.05) is 6.07 Å². The van der Waals surface area contributed by atoms with Crippen molar-refractivity contribution >= 4 is 16.6 Å². The number of hydrogen-bond acceptors (Lipinski definition) is 4. The van der Waals surface area contributed by atoms with E-state index >= 15 is 0 Å². The van der Waals surface area contributed by atoms with Gasteiger partial charge in [-0.25, -0.2) is 4.98 Å². The van der Waals surface area contributed by atoms with Crippen LogP contribution >= 0.6 is 0 Å². The van der Waals surface area contributed by atoms with Crippen LogP contribution in [-0.4, -0.2) is 36.1 Å². The molecule has 1 fully saturated rings. The molecule has 106 valence electrons. The molecule has 0 bridgehead atoms. The SMILES string of the molecule is Cc1cc2c(N)nccc2cc1OC1CCN(C)CC1. The third-order valence-electron chi connectivity index (χ3n) is 4.05. The third kappa shape index (κ3) is 2.56. The van der Waals surface area contributed by atoms with Gasteiger partial charge in [0.2, 0.25) is 0 Å². The molecule has 0 spiro atoms. The molecule has 4 heteroatoms. The smallest absolute Gasteiger partial charge is 0.131 e. The molecule has 1 aliphatic rings. The maximum atomic E-state index is 6.19. The first-order valence-corrected chi connectivity index (χ1v) is 7.13. The van der Waals surface area contributed by atoms with E-state index in [4.69, 9.17) is 10.5 Å². The van der Waals surface area contributed by atoms with Gasteiger partial charge in [0.05, 0.1) is 0 Å². The van der Waals surface area contributed by atoms with E-state index in [-0.39, 0.29) is 0 Å². The number of ether oxygens (including phenoxy) is 1. The number of fused-ring (bicyclic) bond motifs is 1. The highest BCUT2D eigenvalue weighted by molar-refractivity contribution is 5.92. The van der Waals surface area contributed by atoms with Crippen LogP contribution in [0.5, 0.6) is 5.75 Å². The lowest BCUT2D eigenvalue weighted by Gasteiger charge is -2.29. The minimum absolute atomic E-state index is 0.321. The van der Waals surface area contributed by atoms with E-state index in [1.165, 1.54) is 0 Å². The highest BCUT2D eigenvalue weighted by atomic mass is 16.5. The Labute approximate surface area is 119 Å². The molecule has 2 heterocycles. The highest BCUT2D eigenvalue weighted by Gasteiger charge is 2.19. The van der Waals surface area contributed by atoms with E-state index in [0.29, 0.717) is 11.9 Å². The molecule has 1 aromatic heterocycles. The topological polar surface area (TPSA) is 51.4 Å². The molecule has 3 rings (SSSR count). The van der Waals surface area contributed by atoms with Crippen molar-refractivity contribution in [1.82, 2.24) is 9.88 Å². The predicted molar refractivity (Wildman–Crippen MR) is 82.0 cm³/mol. The second-order valence-electron chi connectivity index (χ2n) is 5.66. The average molecular weight is 271 g/mol. The highest BCUT2D eigenvalue weighted by Crippen LogP contribution is 2.29. The van der Waals surface area contributed by atoms with Crippen LogP contribution in [0.3, 0.4) is 0 Å². The Morgan fingerprint density at radius 2 is 2.05 bits per heavy atom. The zero-order valence-corrected chi connectivity index (χ0v) is 12.1. The van der Waals surface area contributed by atoms with Gasteiger partial charge >= 0.3 is 0 Å². The van der Waals surface area contributed by atoms with Gasteiger partial charge in [-0.2, -0.15) is 0 Å². The first kappa shape index (κ1) is 13.2. The number of aryl methyl sites for hydroxylation is 1. The van der Waals surface area contributed by atoms with Gasteiger partial charge in [0.1, 0.15) is 17.7 Å². The Morgan fingerprint density at radius 1 is 1.30 bits per heavy atom. The summed E-state index contributed by atoms with van der Waals surface area (Å²) in [5.41, 5.74) is 7.04. The average Bonchev–Trinajstić information content (AvgIpc) is 2.43. The number of rotatable bonds is 2. The molecule has 1 aromatic carbocycles. The fourth-order valence-corrected chi connectivity index (χ4v) is 2.74. The molecule has 0 amide bonds. The second kappa shape index (κ2) is 5.29. The largest absolute Gasteiger partial charge is 0.490 e. The quantitative estimate of drug-likeness (QED) is 0.912. The molecule has 0 unspecified atom stereocenters. The van der Waals surface area contributed by atoms with Crippen LogP contribution in [0.1, 0.15) is 18.4 Å². The maximum Gasteiger partial charge on any atom is 0.131 e. The Bertz CT molecular complexity index is 618. The molecule has 2 aromatic rings. The summed E-state index contributed by atoms with van der Waals surface area (Å²) in [7, 11) is 2.16. The number of nitrogen functional groups attached to an aromatic ring is 1. The summed E-state index contributed by atoms with van der Waals surface area (Å²) in [5.74, 6) is 1.55. The Balaban J connectivity index is 1.86. The zero-order valence-electron chi connectivity index (χ0n) is 12.1. The molecule has 0 saturated carbocycles. The molecular formula is C16H21N3O. The van der Waals surface area contributed by atoms with Crippen LogP contribution in [0.2, 0.25) is 0 Å². The van der Waals surface area contributed by atoms with Crippen LogP contribution in [0, 0.1) is 6.92 Å². The van der Waals surface area contributed by atoms with E-state index in [9.17, 15) is 0 Å². The third-order valence-corrected chi connectivity index (χ3v) is 4.05. The minimum Gasteiger partial charge on any atom is -0.490 e. The van der Waals surface area contributed by atoms with E-state index in [2.05, 4.69) is 36.0 Å². The lowest BCUT2D eigenvalue weighted by Crippen LogP contribution is -2.35. The summed E-state index contributed by atoms with van der Waals surface area (Å²) in [6.07, 6.45) is 4.24. The summed E-state index contributed by atoms with van der Waals surface area (Å²) in [5, 5.41) is 2.09. The number of benzene rings is 1. The zero-order chi connectivity index (χ0) is 14.1. The number of piperidine rings is 1. The minimum atomic E-state index is 0.321. The first-order chi connectivity index (χ1) is 9.63. The van der Waals surface area contributed by atoms with E-state index in [1.54, 1.807) is 6.20 Å². The van der Waals surface area contributed by atoms with Crippen LogP contribution in [0.25, 0.3) is 10.8 Å². The van der Waals surface area contributed by atoms with Crippen LogP contribution < -0.4 is 10.5 Å². The van der Waals surface area contributed by atoms with E-state index < -0.39 is 0 Å². The molecule has 0 atom stereocenters. The lowest BCUT2D eigenvalue weighted by atomic mass is 10.1. The monoisotopic (exact) mass is 271 g/mol. The molecule has 0 aliphatic carbocycles. The molecule has 20 heavy (non-hydrogen) atoms. The van der Waals surface area contributed by atoms with Crippen LogP contribution in [-0.2, 0) is 0 Å². The van der Waals surface area contributed by atoms with Crippen molar-refractivity contribution in [3.8, 4) is 5.75 Å². The van der Waals surface area contributed by atoms with Gasteiger partial charge in [-0.15, -0.1) is 0 Å². The number of anilines is 1. The number of nitrogens with two attached hydrogens (primary N) is 1. The standard InChI is InChI=1S/C16H21N3O/c1-11-9-14-12(3-6-18-16(14)17)10-15(11)20-13-4-7-19(2)8-5-13/h3,6,9-10,13H,4-5,7-8H2,1-2H3,(H2,17,18). The molecule has 0 radical (unpaired) electrons. The van der Waals surface area contributed by atoms with E-state index in [0.717, 1.165) is 48.0 Å². The fourth-order valence-electron chi connectivity index (χ4n) is 2.74. The molecule has 2 N–H and O–H groups in total. The fraction of sp³-hybridized carbons (Fsp3) is 0.438. The number of nitrogens with zero attached hydrogens (tertiary/aromatic N) is 2. The molecule has 1 saturated heterocycles. The Morgan fingerprint density at radius 3 is 2.80 bits per heavy atom. The molecule has 1 aliphatic heterocycles. The van der Waals surface area contributed by atoms with Gasteiger partial charge in [-0.1, -0.05) is 0 Å². The number of likely N-dealkylation sites (tertiary alicyclic amines) is 1. The summed E-state index contributed by atoms with van der Waals surface area (Å²) in [4.78, 5) is 6.48. The van der Waals surface area contributed by atoms with Gasteiger partial charge in [0.25, 0.3) is 0 Å². The normalized spacial score (nSPS) is 17.5. The van der Waals surface area contributed by atoms with Crippen molar-refractivity contribution in [3.63, 3.8) is 0 Å². The van der Waals surface area contributed by atoms with Crippen LogP contribution in [0.15, 0.2) is 24.4 Å². The summed E-state index contributed by atoms with van der Waals surface area (Å²) < 4.78 is 6.19. The lowest BCUT2D eigenvalue weighted by molar-refractivity contribution is 0.114. The van der Waals surface area contributed by atoms with Crippen LogP contribution in [0.4, 0.5) is 5.82 Å². The van der Waals surface area contributed by atoms with Crippen molar-refractivity contribution in [2.24, 2.45) is 0 Å². The predicted octanol–water partition coefficient (Wildman–Crippen LogP) is 2.60. The van der Waals surface area contributed by atoms with Gasteiger partial charge in [-0.05, 0) is 56.0 Å². The summed E-state index contributed by atoms with van der Waals surface area (Å²) >= 11 is 0. The van der Waals surface area contributed by atoms with Crippen molar-refractivity contribution in [2.75, 3.05) is 25.9 Å². The molecular weight excluding hydrogens is 250 g/mol. The summed E-state index contributed by atoms with van der Waals surface area (Å²) in [6.45, 7) is 4.28. The Kier molecular flexibility index (Phi) is 3.49. The van der Waals surface area contributed by atoms with Crippen molar-refractivity contribution in [1.29, 1.82) is 0 Å². The van der Waals surface area contributed by atoms with Gasteiger partial charge in [0.15, 0.2) is 0 Å². The number of pyridine rings is 1. The van der Waals surface area contributed by atoms with Crippen molar-refractivity contribution < 1.29 is 4.74 Å². The second-order valence-corrected chi connectivity index (χ2v) is 5.66. The Hall–Kier alpha value is -1.81. The van der Waals surface area contributed by atoms with Gasteiger partial charge in [0, 0.05) is 24.7 Å². The first-order valence-electron chi connectivity index (χ1n) is 7.13. The number of aromatic nitrogens is 1. The van der Waals surface area contributed by atoms with Gasteiger partial charge in [-0.3, -0.25) is 0 Å². The molecule has 4 nitrogen and oxygen atoms in total. The summed E-state index contributed by atoms with van der Waals surface area (Å²) in [6, 6.07) is 6.13. The maximum absolute atomic E-state index is 6.19. The number of hydrogen-bond donors (Lipinski definition) is 1. The van der Waals surface area contributed by atoms with Gasteiger partial charge < -0.3 is 15.4 Å². The van der Waals surface area contributed by atoms with Crippen molar-refractivity contribution in [2.45, 2.75) is 25.9 Å².